The van der Waals surface area contributed by atoms with Gasteiger partial charge >= 0.3 is 0 Å². The largest absolute Gasteiger partial charge is 0.355 e. The Morgan fingerprint density at radius 3 is 2.52 bits per heavy atom. The van der Waals surface area contributed by atoms with E-state index < -0.39 is 0 Å². The summed E-state index contributed by atoms with van der Waals surface area (Å²) < 4.78 is 15.1. The highest BCUT2D eigenvalue weighted by molar-refractivity contribution is 14.0. The summed E-state index contributed by atoms with van der Waals surface area (Å²) in [5.41, 5.74) is 2.13. The number of nitrogens with one attached hydrogen (secondary N) is 2. The van der Waals surface area contributed by atoms with E-state index in [1.54, 1.807) is 18.5 Å². The lowest BCUT2D eigenvalue weighted by molar-refractivity contribution is 0.625. The molecule has 0 amide bonds. The van der Waals surface area contributed by atoms with Crippen molar-refractivity contribution in [1.29, 1.82) is 0 Å². The van der Waals surface area contributed by atoms with Crippen LogP contribution < -0.4 is 10.6 Å². The van der Waals surface area contributed by atoms with E-state index in [1.807, 2.05) is 34.9 Å². The average molecular weight is 508 g/mol. The van der Waals surface area contributed by atoms with E-state index in [1.165, 1.54) is 12.1 Å². The maximum atomic E-state index is 13.1. The zero-order valence-electron chi connectivity index (χ0n) is 16.4. The molecule has 3 rings (SSSR count). The first-order valence-electron chi connectivity index (χ1n) is 9.42. The molecule has 0 aliphatic heterocycles. The van der Waals surface area contributed by atoms with Gasteiger partial charge in [-0.3, -0.25) is 0 Å². The van der Waals surface area contributed by atoms with Gasteiger partial charge in [0.15, 0.2) is 5.96 Å². The van der Waals surface area contributed by atoms with Gasteiger partial charge in [0, 0.05) is 26.1 Å². The van der Waals surface area contributed by atoms with Gasteiger partial charge in [0.2, 0.25) is 0 Å². The molecule has 0 spiro atoms. The fraction of sp³-hybridized carbons (Fsp3) is 0.286. The average Bonchev–Trinajstić information content (AvgIpc) is 3.19. The summed E-state index contributed by atoms with van der Waals surface area (Å²) in [5, 5.41) is 14.7. The summed E-state index contributed by atoms with van der Waals surface area (Å²) in [4.78, 5) is 4.67. The van der Waals surface area contributed by atoms with Gasteiger partial charge in [0.05, 0.1) is 6.54 Å². The first kappa shape index (κ1) is 22.8. The van der Waals surface area contributed by atoms with E-state index in [4.69, 9.17) is 0 Å². The van der Waals surface area contributed by atoms with Crippen LogP contribution in [0.3, 0.4) is 0 Å². The zero-order valence-corrected chi connectivity index (χ0v) is 18.7. The summed E-state index contributed by atoms with van der Waals surface area (Å²) in [6.45, 7) is 4.64. The molecule has 2 aromatic carbocycles. The Balaban J connectivity index is 0.00000300. The second-order valence-electron chi connectivity index (χ2n) is 6.35. The number of hydrogen-bond acceptors (Lipinski definition) is 3. The lowest BCUT2D eigenvalue weighted by atomic mass is 10.2. The summed E-state index contributed by atoms with van der Waals surface area (Å²) >= 11 is 0. The third kappa shape index (κ3) is 7.45. The van der Waals surface area contributed by atoms with Crippen molar-refractivity contribution in [2.75, 3.05) is 6.54 Å². The molecule has 2 N–H and O–H groups in total. The van der Waals surface area contributed by atoms with Crippen molar-refractivity contribution in [2.45, 2.75) is 33.0 Å². The quantitative estimate of drug-likeness (QED) is 0.278. The van der Waals surface area contributed by atoms with E-state index in [0.29, 0.717) is 25.6 Å². The Morgan fingerprint density at radius 2 is 1.79 bits per heavy atom. The van der Waals surface area contributed by atoms with Gasteiger partial charge in [0.1, 0.15) is 18.0 Å². The van der Waals surface area contributed by atoms with Gasteiger partial charge in [-0.15, -0.1) is 34.2 Å². The molecule has 154 valence electrons. The monoisotopic (exact) mass is 508 g/mol. The normalized spacial score (nSPS) is 11.0. The summed E-state index contributed by atoms with van der Waals surface area (Å²) in [6, 6.07) is 16.5. The molecule has 3 aromatic rings. The number of aryl methyl sites for hydroxylation is 1. The molecule has 0 fully saturated rings. The number of nitrogens with zero attached hydrogens (tertiary/aromatic N) is 4. The van der Waals surface area contributed by atoms with Crippen LogP contribution in [0.1, 0.15) is 23.9 Å². The number of halogens is 2. The molecule has 0 radical (unpaired) electrons. The van der Waals surface area contributed by atoms with Crippen molar-refractivity contribution in [3.05, 3.63) is 83.7 Å². The van der Waals surface area contributed by atoms with Crippen molar-refractivity contribution in [2.24, 2.45) is 4.99 Å². The molecule has 0 aliphatic carbocycles. The number of guanidine groups is 1. The Kier molecular flexibility index (Phi) is 9.55. The fourth-order valence-corrected chi connectivity index (χ4v) is 2.75. The molecule has 0 unspecified atom stereocenters. The molecule has 1 heterocycles. The maximum Gasteiger partial charge on any atom is 0.191 e. The van der Waals surface area contributed by atoms with Crippen LogP contribution >= 0.6 is 24.0 Å². The molecule has 8 heteroatoms. The van der Waals surface area contributed by atoms with E-state index in [9.17, 15) is 4.39 Å². The first-order chi connectivity index (χ1) is 13.7. The second kappa shape index (κ2) is 12.2. The molecule has 0 atom stereocenters. The highest BCUT2D eigenvalue weighted by Gasteiger charge is 2.03. The molecule has 0 saturated carbocycles. The van der Waals surface area contributed by atoms with E-state index in [2.05, 4.69) is 32.7 Å². The molecular formula is C21H26FIN6. The lowest BCUT2D eigenvalue weighted by Gasteiger charge is -2.14. The third-order valence-electron chi connectivity index (χ3n) is 4.29. The van der Waals surface area contributed by atoms with Crippen LogP contribution in [-0.4, -0.2) is 27.3 Å². The van der Waals surface area contributed by atoms with Crippen molar-refractivity contribution >= 4 is 29.9 Å². The minimum absolute atomic E-state index is 0. The van der Waals surface area contributed by atoms with Gasteiger partial charge in [-0.1, -0.05) is 49.4 Å². The van der Waals surface area contributed by atoms with E-state index in [0.717, 1.165) is 29.9 Å². The number of benzene rings is 2. The van der Waals surface area contributed by atoms with Crippen LogP contribution in [0.25, 0.3) is 0 Å². The number of rotatable bonds is 8. The maximum absolute atomic E-state index is 13.1. The van der Waals surface area contributed by atoms with E-state index in [-0.39, 0.29) is 29.8 Å². The van der Waals surface area contributed by atoms with Gasteiger partial charge in [0.25, 0.3) is 0 Å². The molecule has 1 aromatic heterocycles. The molecular weight excluding hydrogens is 482 g/mol. The summed E-state index contributed by atoms with van der Waals surface area (Å²) in [6.07, 6.45) is 2.59. The lowest BCUT2D eigenvalue weighted by Crippen LogP contribution is -2.38. The smallest absolute Gasteiger partial charge is 0.191 e. The minimum atomic E-state index is -0.236. The second-order valence-corrected chi connectivity index (χ2v) is 6.35. The van der Waals surface area contributed by atoms with Crippen molar-refractivity contribution in [3.8, 4) is 0 Å². The van der Waals surface area contributed by atoms with Crippen molar-refractivity contribution in [1.82, 2.24) is 25.4 Å². The van der Waals surface area contributed by atoms with Crippen molar-refractivity contribution in [3.63, 3.8) is 0 Å². The first-order valence-corrected chi connectivity index (χ1v) is 9.42. The number of aromatic nitrogens is 3. The summed E-state index contributed by atoms with van der Waals surface area (Å²) in [7, 11) is 0. The van der Waals surface area contributed by atoms with Gasteiger partial charge < -0.3 is 15.2 Å². The van der Waals surface area contributed by atoms with Crippen LogP contribution in [0.2, 0.25) is 0 Å². The highest BCUT2D eigenvalue weighted by Crippen LogP contribution is 2.03. The minimum Gasteiger partial charge on any atom is -0.355 e. The van der Waals surface area contributed by atoms with Crippen LogP contribution in [0.5, 0.6) is 0 Å². The summed E-state index contributed by atoms with van der Waals surface area (Å²) in [5.74, 6) is 1.43. The van der Waals surface area contributed by atoms with Gasteiger partial charge in [-0.2, -0.15) is 0 Å². The number of hydrogen-bond donors (Lipinski definition) is 2. The van der Waals surface area contributed by atoms with Gasteiger partial charge in [-0.25, -0.2) is 9.38 Å². The molecule has 0 aliphatic rings. The zero-order chi connectivity index (χ0) is 19.6. The fourth-order valence-electron chi connectivity index (χ4n) is 2.75. The SMILES string of the molecule is CCc1nncn1CCNC(=NCc1ccccc1)NCc1ccc(F)cc1.I. The van der Waals surface area contributed by atoms with Gasteiger partial charge in [-0.05, 0) is 23.3 Å². The molecule has 0 saturated heterocycles. The van der Waals surface area contributed by atoms with Crippen LogP contribution in [0, 0.1) is 5.82 Å². The van der Waals surface area contributed by atoms with Crippen LogP contribution in [0.15, 0.2) is 65.9 Å². The van der Waals surface area contributed by atoms with Crippen LogP contribution in [0.4, 0.5) is 4.39 Å². The Bertz CT molecular complexity index is 880. The third-order valence-corrected chi connectivity index (χ3v) is 4.29. The topological polar surface area (TPSA) is 67.1 Å². The Labute approximate surface area is 187 Å². The predicted octanol–water partition coefficient (Wildman–Crippen LogP) is 3.53. The predicted molar refractivity (Wildman–Crippen MR) is 124 cm³/mol. The number of aliphatic imine (C=N–C) groups is 1. The van der Waals surface area contributed by atoms with Crippen molar-refractivity contribution < 1.29 is 4.39 Å². The van der Waals surface area contributed by atoms with Crippen LogP contribution in [-0.2, 0) is 26.1 Å². The Morgan fingerprint density at radius 1 is 1.03 bits per heavy atom. The highest BCUT2D eigenvalue weighted by atomic mass is 127. The standard InChI is InChI=1S/C21H25FN6.HI/c1-2-20-27-26-16-28(20)13-12-23-21(24-14-17-6-4-3-5-7-17)25-15-18-8-10-19(22)11-9-18;/h3-11,16H,2,12-15H2,1H3,(H2,23,24,25);1H. The molecule has 29 heavy (non-hydrogen) atoms. The molecule has 6 nitrogen and oxygen atoms in total. The molecule has 0 bridgehead atoms. The van der Waals surface area contributed by atoms with E-state index >= 15 is 0 Å². The Hall–Kier alpha value is -2.49.